The number of nitrogens with one attached hydrogen (secondary N) is 1. The summed E-state index contributed by atoms with van der Waals surface area (Å²) in [5.74, 6) is 0.574. The highest BCUT2D eigenvalue weighted by molar-refractivity contribution is 5.99. The number of nitrogens with zero attached hydrogens (tertiary/aromatic N) is 1. The molecule has 0 unspecified atom stereocenters. The third-order valence-corrected chi connectivity index (χ3v) is 2.83. The minimum Gasteiger partial charge on any atom is -0.496 e. The molecule has 0 fully saturated rings. The van der Waals surface area contributed by atoms with Gasteiger partial charge in [0.25, 0.3) is 5.91 Å². The predicted octanol–water partition coefficient (Wildman–Crippen LogP) is 1.82. The maximum Gasteiger partial charge on any atom is 0.252 e. The van der Waals surface area contributed by atoms with Crippen LogP contribution in [-0.4, -0.2) is 18.0 Å². The van der Waals surface area contributed by atoms with Gasteiger partial charge in [0, 0.05) is 5.69 Å². The van der Waals surface area contributed by atoms with E-state index in [0.29, 0.717) is 11.5 Å². The molecule has 0 atom stereocenters. The summed E-state index contributed by atoms with van der Waals surface area (Å²) in [6.45, 7) is 1.93. The Hall–Kier alpha value is -2.76. The average Bonchev–Trinajstić information content (AvgIpc) is 2.41. The molecule has 1 aromatic carbocycles. The van der Waals surface area contributed by atoms with Gasteiger partial charge in [-0.25, -0.2) is 4.98 Å². The Bertz CT molecular complexity index is 656. The fraction of sp³-hybridized carbons (Fsp3) is 0.143. The first-order valence-corrected chi connectivity index (χ1v) is 5.98. The number of amides is 1. The molecule has 5 N–H and O–H groups in total. The molecule has 1 aromatic heterocycles. The minimum atomic E-state index is -0.586. The molecule has 0 aliphatic carbocycles. The van der Waals surface area contributed by atoms with Crippen LogP contribution in [0.5, 0.6) is 5.75 Å². The number of primary amides is 1. The van der Waals surface area contributed by atoms with Gasteiger partial charge in [-0.05, 0) is 36.8 Å². The Kier molecular flexibility index (Phi) is 3.74. The smallest absolute Gasteiger partial charge is 0.252 e. The zero-order valence-corrected chi connectivity index (χ0v) is 11.3. The Morgan fingerprint density at radius 3 is 2.70 bits per heavy atom. The van der Waals surface area contributed by atoms with Gasteiger partial charge in [0.2, 0.25) is 0 Å². The normalized spacial score (nSPS) is 10.1. The number of rotatable bonds is 4. The molecule has 0 saturated carbocycles. The number of methoxy groups -OCH3 is 1. The maximum atomic E-state index is 11.4. The number of hydrogen-bond donors (Lipinski definition) is 3. The van der Waals surface area contributed by atoms with Crippen LogP contribution in [0.3, 0.4) is 0 Å². The van der Waals surface area contributed by atoms with Crippen molar-refractivity contribution < 1.29 is 9.53 Å². The molecule has 0 spiro atoms. The van der Waals surface area contributed by atoms with E-state index < -0.39 is 5.91 Å². The van der Waals surface area contributed by atoms with Crippen LogP contribution in [0.4, 0.5) is 17.2 Å². The number of ether oxygens (including phenoxy) is 1. The molecule has 0 aliphatic rings. The number of pyridine rings is 1. The van der Waals surface area contributed by atoms with Gasteiger partial charge < -0.3 is 21.5 Å². The van der Waals surface area contributed by atoms with Crippen LogP contribution < -0.4 is 21.5 Å². The van der Waals surface area contributed by atoms with Gasteiger partial charge in [0.05, 0.1) is 24.6 Å². The molecule has 6 heteroatoms. The van der Waals surface area contributed by atoms with E-state index in [-0.39, 0.29) is 5.56 Å². The number of carbonyl (C=O) groups excluding carboxylic acids is 1. The summed E-state index contributed by atoms with van der Waals surface area (Å²) >= 11 is 0. The number of nitrogens with two attached hydrogens (primary N) is 2. The topological polar surface area (TPSA) is 103 Å². The van der Waals surface area contributed by atoms with Crippen molar-refractivity contribution in [2.75, 3.05) is 18.2 Å². The number of aromatic nitrogens is 1. The molecule has 2 aromatic rings. The summed E-state index contributed by atoms with van der Waals surface area (Å²) in [5.41, 5.74) is 13.3. The largest absolute Gasteiger partial charge is 0.496 e. The van der Waals surface area contributed by atoms with Gasteiger partial charge in [-0.15, -0.1) is 0 Å². The molecule has 104 valence electrons. The zero-order chi connectivity index (χ0) is 14.7. The van der Waals surface area contributed by atoms with Crippen LogP contribution >= 0.6 is 0 Å². The molecule has 6 nitrogen and oxygen atoms in total. The van der Waals surface area contributed by atoms with E-state index in [1.807, 2.05) is 25.1 Å². The number of hydrogen-bond acceptors (Lipinski definition) is 5. The lowest BCUT2D eigenvalue weighted by Gasteiger charge is -2.11. The van der Waals surface area contributed by atoms with Crippen molar-refractivity contribution in [1.82, 2.24) is 4.98 Å². The third kappa shape index (κ3) is 2.80. The minimum absolute atomic E-state index is 0.249. The summed E-state index contributed by atoms with van der Waals surface area (Å²) < 4.78 is 5.19. The lowest BCUT2D eigenvalue weighted by atomic mass is 10.2. The van der Waals surface area contributed by atoms with Crippen molar-refractivity contribution >= 4 is 23.1 Å². The molecule has 1 amide bonds. The van der Waals surface area contributed by atoms with Crippen LogP contribution in [0.25, 0.3) is 0 Å². The van der Waals surface area contributed by atoms with Crippen LogP contribution in [0.1, 0.15) is 15.9 Å². The molecule has 0 saturated heterocycles. The first-order valence-electron chi connectivity index (χ1n) is 5.98. The number of aryl methyl sites for hydroxylation is 1. The van der Waals surface area contributed by atoms with E-state index in [1.165, 1.54) is 12.3 Å². The van der Waals surface area contributed by atoms with Crippen molar-refractivity contribution in [2.24, 2.45) is 5.73 Å². The number of carbonyl (C=O) groups is 1. The lowest BCUT2D eigenvalue weighted by molar-refractivity contribution is 0.100. The summed E-state index contributed by atoms with van der Waals surface area (Å²) in [5, 5.41) is 3.05. The quantitative estimate of drug-likeness (QED) is 0.787. The van der Waals surface area contributed by atoms with Gasteiger partial charge in [0.1, 0.15) is 11.6 Å². The highest BCUT2D eigenvalue weighted by Gasteiger charge is 2.11. The molecular weight excluding hydrogens is 256 g/mol. The van der Waals surface area contributed by atoms with E-state index in [9.17, 15) is 4.79 Å². The number of anilines is 3. The Balaban J connectivity index is 2.35. The molecule has 1 heterocycles. The number of nitrogen functional groups attached to an aromatic ring is 1. The van der Waals surface area contributed by atoms with Gasteiger partial charge in [-0.3, -0.25) is 4.79 Å². The molecule has 0 aliphatic heterocycles. The second-order valence-corrected chi connectivity index (χ2v) is 4.34. The van der Waals surface area contributed by atoms with E-state index in [1.54, 1.807) is 7.11 Å². The molecule has 0 radical (unpaired) electrons. The highest BCUT2D eigenvalue weighted by Crippen LogP contribution is 2.25. The van der Waals surface area contributed by atoms with Gasteiger partial charge in [0.15, 0.2) is 0 Å². The first kappa shape index (κ1) is 13.7. The maximum absolute atomic E-state index is 11.4. The standard InChI is InChI=1S/C14H16N4O2/c1-8-5-10(3-4-12(8)20-2)18-14-11(13(16)19)6-9(15)7-17-14/h3-7H,15H2,1-2H3,(H2,16,19)(H,17,18). The fourth-order valence-electron chi connectivity index (χ4n) is 1.86. The highest BCUT2D eigenvalue weighted by atomic mass is 16.5. The van der Waals surface area contributed by atoms with Gasteiger partial charge in [-0.2, -0.15) is 0 Å². The van der Waals surface area contributed by atoms with Crippen molar-refractivity contribution in [3.63, 3.8) is 0 Å². The van der Waals surface area contributed by atoms with Gasteiger partial charge >= 0.3 is 0 Å². The Morgan fingerprint density at radius 2 is 2.10 bits per heavy atom. The Labute approximate surface area is 116 Å². The SMILES string of the molecule is COc1ccc(Nc2ncc(N)cc2C(N)=O)cc1C. The monoisotopic (exact) mass is 272 g/mol. The van der Waals surface area contributed by atoms with E-state index >= 15 is 0 Å². The Morgan fingerprint density at radius 1 is 1.35 bits per heavy atom. The lowest BCUT2D eigenvalue weighted by Crippen LogP contribution is -2.14. The van der Waals surface area contributed by atoms with Crippen molar-refractivity contribution in [3.8, 4) is 5.75 Å². The van der Waals surface area contributed by atoms with Crippen molar-refractivity contribution in [2.45, 2.75) is 6.92 Å². The zero-order valence-electron chi connectivity index (χ0n) is 11.3. The van der Waals surface area contributed by atoms with Crippen LogP contribution in [0.15, 0.2) is 30.5 Å². The number of benzene rings is 1. The molecule has 20 heavy (non-hydrogen) atoms. The molecule has 0 bridgehead atoms. The van der Waals surface area contributed by atoms with Crippen LogP contribution in [-0.2, 0) is 0 Å². The van der Waals surface area contributed by atoms with E-state index in [2.05, 4.69) is 10.3 Å². The summed E-state index contributed by atoms with van der Waals surface area (Å²) in [6, 6.07) is 7.04. The van der Waals surface area contributed by atoms with E-state index in [0.717, 1.165) is 17.0 Å². The van der Waals surface area contributed by atoms with Crippen molar-refractivity contribution in [3.05, 3.63) is 41.6 Å². The first-order chi connectivity index (χ1) is 9.51. The molecular formula is C14H16N4O2. The average molecular weight is 272 g/mol. The van der Waals surface area contributed by atoms with Crippen LogP contribution in [0.2, 0.25) is 0 Å². The summed E-state index contributed by atoms with van der Waals surface area (Å²) in [7, 11) is 1.61. The summed E-state index contributed by atoms with van der Waals surface area (Å²) in [6.07, 6.45) is 1.46. The van der Waals surface area contributed by atoms with Crippen molar-refractivity contribution in [1.29, 1.82) is 0 Å². The van der Waals surface area contributed by atoms with E-state index in [4.69, 9.17) is 16.2 Å². The fourth-order valence-corrected chi connectivity index (χ4v) is 1.86. The van der Waals surface area contributed by atoms with Gasteiger partial charge in [-0.1, -0.05) is 0 Å². The third-order valence-electron chi connectivity index (χ3n) is 2.83. The summed E-state index contributed by atoms with van der Waals surface area (Å²) in [4.78, 5) is 15.5. The predicted molar refractivity (Wildman–Crippen MR) is 78.2 cm³/mol. The van der Waals surface area contributed by atoms with Crippen LogP contribution in [0, 0.1) is 6.92 Å². The molecule has 2 rings (SSSR count). The second-order valence-electron chi connectivity index (χ2n) is 4.34. The second kappa shape index (κ2) is 5.48.